The van der Waals surface area contributed by atoms with E-state index in [0.717, 1.165) is 0 Å². The molecule has 0 unspecified atom stereocenters. The van der Waals surface area contributed by atoms with Crippen LogP contribution in [0.4, 0.5) is 5.69 Å². The Kier molecular flexibility index (Phi) is 5.42. The molecule has 5 nitrogen and oxygen atoms in total. The zero-order valence-corrected chi connectivity index (χ0v) is 10.5. The van der Waals surface area contributed by atoms with E-state index in [2.05, 4.69) is 15.6 Å². The van der Waals surface area contributed by atoms with Crippen LogP contribution in [-0.4, -0.2) is 30.6 Å². The van der Waals surface area contributed by atoms with Gasteiger partial charge in [-0.2, -0.15) is 0 Å². The minimum absolute atomic E-state index is 0.0258. The largest absolute Gasteiger partial charge is 0.473 e. The van der Waals surface area contributed by atoms with Crippen molar-refractivity contribution in [2.24, 2.45) is 0 Å². The van der Waals surface area contributed by atoms with Crippen molar-refractivity contribution in [3.63, 3.8) is 0 Å². The minimum atomic E-state index is -0.0547. The summed E-state index contributed by atoms with van der Waals surface area (Å²) in [6.07, 6.45) is 2.09. The van der Waals surface area contributed by atoms with E-state index in [0.29, 0.717) is 24.5 Å². The fraction of sp³-hybridized carbons (Fsp3) is 0.500. The molecule has 0 atom stereocenters. The molecule has 94 valence electrons. The number of ether oxygens (including phenoxy) is 1. The van der Waals surface area contributed by atoms with Gasteiger partial charge in [-0.25, -0.2) is 4.98 Å². The first-order valence-electron chi connectivity index (χ1n) is 5.69. The van der Waals surface area contributed by atoms with E-state index in [-0.39, 0.29) is 12.0 Å². The first-order valence-corrected chi connectivity index (χ1v) is 5.69. The first-order chi connectivity index (χ1) is 8.13. The predicted molar refractivity (Wildman–Crippen MR) is 67.2 cm³/mol. The van der Waals surface area contributed by atoms with E-state index < -0.39 is 0 Å². The Morgan fingerprint density at radius 3 is 2.94 bits per heavy atom. The van der Waals surface area contributed by atoms with Gasteiger partial charge in [-0.1, -0.05) is 0 Å². The molecule has 1 aromatic heterocycles. The maximum atomic E-state index is 11.6. The van der Waals surface area contributed by atoms with Gasteiger partial charge in [0, 0.05) is 19.2 Å². The monoisotopic (exact) mass is 237 g/mol. The molecule has 17 heavy (non-hydrogen) atoms. The smallest absolute Gasteiger partial charge is 0.238 e. The van der Waals surface area contributed by atoms with Gasteiger partial charge in [-0.15, -0.1) is 0 Å². The molecule has 0 saturated carbocycles. The van der Waals surface area contributed by atoms with E-state index in [1.807, 2.05) is 20.9 Å². The summed E-state index contributed by atoms with van der Waals surface area (Å²) < 4.78 is 5.51. The molecule has 0 aliphatic heterocycles. The third kappa shape index (κ3) is 4.82. The summed E-state index contributed by atoms with van der Waals surface area (Å²) in [6.45, 7) is 4.48. The standard InChI is InChI=1S/C12H19N3O2/c1-9(2)17-12-10(5-4-7-14-12)15-11(16)6-8-13-3/h4-5,7,9,13H,6,8H2,1-3H3,(H,15,16). The summed E-state index contributed by atoms with van der Waals surface area (Å²) in [4.78, 5) is 15.7. The maximum Gasteiger partial charge on any atom is 0.238 e. The van der Waals surface area contributed by atoms with Crippen LogP contribution >= 0.6 is 0 Å². The second-order valence-corrected chi connectivity index (χ2v) is 3.92. The van der Waals surface area contributed by atoms with Crippen LogP contribution in [0.25, 0.3) is 0 Å². The van der Waals surface area contributed by atoms with E-state index in [1.54, 1.807) is 18.3 Å². The molecular formula is C12H19N3O2. The second-order valence-electron chi connectivity index (χ2n) is 3.92. The molecule has 0 fully saturated rings. The Bertz CT molecular complexity index is 367. The summed E-state index contributed by atoms with van der Waals surface area (Å²) in [5.41, 5.74) is 0.613. The molecule has 2 N–H and O–H groups in total. The van der Waals surface area contributed by atoms with Crippen LogP contribution in [0.2, 0.25) is 0 Å². The molecular weight excluding hydrogens is 218 g/mol. The number of carbonyl (C=O) groups is 1. The highest BCUT2D eigenvalue weighted by molar-refractivity contribution is 5.91. The molecule has 1 amide bonds. The van der Waals surface area contributed by atoms with Crippen molar-refractivity contribution in [1.29, 1.82) is 0 Å². The molecule has 1 heterocycles. The lowest BCUT2D eigenvalue weighted by Crippen LogP contribution is -2.19. The summed E-state index contributed by atoms with van der Waals surface area (Å²) >= 11 is 0. The van der Waals surface area contributed by atoms with Crippen molar-refractivity contribution < 1.29 is 9.53 Å². The number of rotatable bonds is 6. The Labute approximate surface area is 102 Å². The highest BCUT2D eigenvalue weighted by atomic mass is 16.5. The number of nitrogens with zero attached hydrogens (tertiary/aromatic N) is 1. The molecule has 0 radical (unpaired) electrons. The fourth-order valence-electron chi connectivity index (χ4n) is 1.25. The number of hydrogen-bond acceptors (Lipinski definition) is 4. The topological polar surface area (TPSA) is 63.2 Å². The molecule has 0 saturated heterocycles. The summed E-state index contributed by atoms with van der Waals surface area (Å²) in [5.74, 6) is 0.404. The Balaban J connectivity index is 2.66. The molecule has 0 aliphatic carbocycles. The van der Waals surface area contributed by atoms with E-state index in [1.165, 1.54) is 0 Å². The van der Waals surface area contributed by atoms with Crippen LogP contribution in [0.15, 0.2) is 18.3 Å². The Morgan fingerprint density at radius 1 is 1.53 bits per heavy atom. The molecule has 0 aromatic carbocycles. The van der Waals surface area contributed by atoms with E-state index >= 15 is 0 Å². The summed E-state index contributed by atoms with van der Waals surface area (Å²) in [6, 6.07) is 3.54. The van der Waals surface area contributed by atoms with Gasteiger partial charge >= 0.3 is 0 Å². The number of nitrogens with one attached hydrogen (secondary N) is 2. The molecule has 1 aromatic rings. The fourth-order valence-corrected chi connectivity index (χ4v) is 1.25. The quantitative estimate of drug-likeness (QED) is 0.785. The minimum Gasteiger partial charge on any atom is -0.473 e. The number of anilines is 1. The van der Waals surface area contributed by atoms with Crippen LogP contribution in [0.1, 0.15) is 20.3 Å². The number of carbonyl (C=O) groups excluding carboxylic acids is 1. The molecule has 0 spiro atoms. The third-order valence-corrected chi connectivity index (χ3v) is 1.99. The third-order valence-electron chi connectivity index (χ3n) is 1.99. The van der Waals surface area contributed by atoms with Crippen molar-refractivity contribution in [1.82, 2.24) is 10.3 Å². The normalized spacial score (nSPS) is 10.4. The van der Waals surface area contributed by atoms with Crippen LogP contribution in [0.3, 0.4) is 0 Å². The zero-order chi connectivity index (χ0) is 12.7. The molecule has 5 heteroatoms. The number of pyridine rings is 1. The van der Waals surface area contributed by atoms with Gasteiger partial charge < -0.3 is 15.4 Å². The van der Waals surface area contributed by atoms with Crippen LogP contribution in [0, 0.1) is 0 Å². The lowest BCUT2D eigenvalue weighted by molar-refractivity contribution is -0.116. The molecule has 0 aliphatic rings. The lowest BCUT2D eigenvalue weighted by Gasteiger charge is -2.13. The Hall–Kier alpha value is -1.62. The average molecular weight is 237 g/mol. The van der Waals surface area contributed by atoms with Gasteiger partial charge in [0.25, 0.3) is 0 Å². The first kappa shape index (κ1) is 13.4. The van der Waals surface area contributed by atoms with Crippen molar-refractivity contribution in [3.8, 4) is 5.88 Å². The second kappa shape index (κ2) is 6.85. The highest BCUT2D eigenvalue weighted by Crippen LogP contribution is 2.21. The summed E-state index contributed by atoms with van der Waals surface area (Å²) in [5, 5.41) is 5.71. The van der Waals surface area contributed by atoms with Gasteiger partial charge in [-0.05, 0) is 33.0 Å². The van der Waals surface area contributed by atoms with Gasteiger partial charge in [-0.3, -0.25) is 4.79 Å². The van der Waals surface area contributed by atoms with Crippen molar-refractivity contribution >= 4 is 11.6 Å². The Morgan fingerprint density at radius 2 is 2.29 bits per heavy atom. The van der Waals surface area contributed by atoms with E-state index in [4.69, 9.17) is 4.74 Å². The average Bonchev–Trinajstić information content (AvgIpc) is 2.28. The molecule has 0 bridgehead atoms. The number of amides is 1. The van der Waals surface area contributed by atoms with Gasteiger partial charge in [0.1, 0.15) is 5.69 Å². The summed E-state index contributed by atoms with van der Waals surface area (Å²) in [7, 11) is 1.81. The number of aromatic nitrogens is 1. The van der Waals surface area contributed by atoms with Gasteiger partial charge in [0.2, 0.25) is 11.8 Å². The SMILES string of the molecule is CNCCC(=O)Nc1cccnc1OC(C)C. The van der Waals surface area contributed by atoms with Crippen LogP contribution in [-0.2, 0) is 4.79 Å². The van der Waals surface area contributed by atoms with Crippen LogP contribution in [0.5, 0.6) is 5.88 Å². The predicted octanol–water partition coefficient (Wildman–Crippen LogP) is 1.42. The van der Waals surface area contributed by atoms with Crippen molar-refractivity contribution in [3.05, 3.63) is 18.3 Å². The number of hydrogen-bond donors (Lipinski definition) is 2. The lowest BCUT2D eigenvalue weighted by atomic mass is 10.3. The molecule has 1 rings (SSSR count). The van der Waals surface area contributed by atoms with Gasteiger partial charge in [0.15, 0.2) is 0 Å². The van der Waals surface area contributed by atoms with Gasteiger partial charge in [0.05, 0.1) is 6.10 Å². The maximum absolute atomic E-state index is 11.6. The van der Waals surface area contributed by atoms with E-state index in [9.17, 15) is 4.79 Å². The van der Waals surface area contributed by atoms with Crippen LogP contribution < -0.4 is 15.4 Å². The highest BCUT2D eigenvalue weighted by Gasteiger charge is 2.09. The zero-order valence-electron chi connectivity index (χ0n) is 10.5. The van der Waals surface area contributed by atoms with Crippen molar-refractivity contribution in [2.75, 3.05) is 18.9 Å². The van der Waals surface area contributed by atoms with Crippen molar-refractivity contribution in [2.45, 2.75) is 26.4 Å².